The van der Waals surface area contributed by atoms with Crippen LogP contribution in [0.4, 0.5) is 10.3 Å². The van der Waals surface area contributed by atoms with E-state index in [1.807, 2.05) is 0 Å². The molecule has 2 aromatic rings. The number of carbonyl (C=O) groups excluding carboxylic acids is 1. The number of aromatic hydroxyl groups is 1. The maximum absolute atomic E-state index is 13.9. The van der Waals surface area contributed by atoms with Crippen LogP contribution < -0.4 is 5.32 Å². The van der Waals surface area contributed by atoms with Gasteiger partial charge >= 0.3 is 0 Å². The quantitative estimate of drug-likeness (QED) is 0.679. The molecule has 3 N–H and O–H groups in total. The van der Waals surface area contributed by atoms with Crippen molar-refractivity contribution in [2.45, 2.75) is 36.7 Å². The Kier molecular flexibility index (Phi) is 5.39. The van der Waals surface area contributed by atoms with Gasteiger partial charge in [-0.3, -0.25) is 10.1 Å². The second-order valence-corrected chi connectivity index (χ2v) is 9.78. The molecule has 3 rings (SSSR count). The topological polar surface area (TPSA) is 134 Å². The van der Waals surface area contributed by atoms with Gasteiger partial charge in [-0.1, -0.05) is 0 Å². The van der Waals surface area contributed by atoms with E-state index in [1.54, 1.807) is 0 Å². The van der Waals surface area contributed by atoms with Crippen molar-refractivity contribution in [2.75, 3.05) is 18.5 Å². The Morgan fingerprint density at radius 3 is 2.64 bits per heavy atom. The van der Waals surface area contributed by atoms with Gasteiger partial charge in [0.05, 0.1) is 10.8 Å². The zero-order valence-corrected chi connectivity index (χ0v) is 16.2. The van der Waals surface area contributed by atoms with Crippen LogP contribution >= 0.6 is 0 Å². The third kappa shape index (κ3) is 3.72. The summed E-state index contributed by atoms with van der Waals surface area (Å²) in [4.78, 5) is 15.3. The van der Waals surface area contributed by atoms with Gasteiger partial charge in [0.1, 0.15) is 16.3 Å². The van der Waals surface area contributed by atoms with Crippen LogP contribution in [0.2, 0.25) is 0 Å². The maximum Gasteiger partial charge on any atom is 0.247 e. The van der Waals surface area contributed by atoms with Gasteiger partial charge in [0, 0.05) is 19.3 Å². The highest BCUT2D eigenvalue weighted by atomic mass is 32.2. The molecule has 11 heteroatoms. The second kappa shape index (κ2) is 7.47. The molecule has 2 heterocycles. The highest BCUT2D eigenvalue weighted by molar-refractivity contribution is 7.94. The number of nitrogens with one attached hydrogen (secondary N) is 2. The Bertz CT molecular complexity index is 983. The van der Waals surface area contributed by atoms with Crippen LogP contribution in [0, 0.1) is 5.82 Å². The normalized spacial score (nSPS) is 16.1. The van der Waals surface area contributed by atoms with E-state index in [4.69, 9.17) is 4.74 Å². The number of carbonyl (C=O) groups is 1. The number of benzene rings is 1. The van der Waals surface area contributed by atoms with Crippen molar-refractivity contribution in [1.82, 2.24) is 15.2 Å². The Hall–Kier alpha value is -2.53. The van der Waals surface area contributed by atoms with Gasteiger partial charge in [0.25, 0.3) is 0 Å². The molecule has 0 saturated carbocycles. The molecule has 9 nitrogen and oxygen atoms in total. The highest BCUT2D eigenvalue weighted by Crippen LogP contribution is 2.29. The molecule has 1 saturated heterocycles. The van der Waals surface area contributed by atoms with Crippen LogP contribution in [0.3, 0.4) is 0 Å². The summed E-state index contributed by atoms with van der Waals surface area (Å²) in [7, 11) is -3.78. The Labute approximate surface area is 161 Å². The monoisotopic (exact) mass is 412 g/mol. The first-order valence-corrected chi connectivity index (χ1v) is 10.2. The SMILES string of the molecule is CC(C)(C(=O)Nc1nnc(-c2ccc(O)cc2F)[nH]1)S(=O)(=O)C1CCOCC1. The van der Waals surface area contributed by atoms with E-state index in [1.165, 1.54) is 26.0 Å². The molecule has 0 unspecified atom stereocenters. The second-order valence-electron chi connectivity index (χ2n) is 7.01. The number of halogens is 1. The maximum atomic E-state index is 13.9. The zero-order chi connectivity index (χ0) is 20.5. The first-order chi connectivity index (χ1) is 13.1. The Morgan fingerprint density at radius 2 is 2.00 bits per heavy atom. The number of hydrogen-bond acceptors (Lipinski definition) is 7. The Morgan fingerprint density at radius 1 is 1.32 bits per heavy atom. The average molecular weight is 412 g/mol. The predicted octanol–water partition coefficient (Wildman–Crippen LogP) is 1.63. The number of sulfone groups is 1. The predicted molar refractivity (Wildman–Crippen MR) is 98.9 cm³/mol. The summed E-state index contributed by atoms with van der Waals surface area (Å²) in [6.45, 7) is 3.35. The van der Waals surface area contributed by atoms with Crippen LogP contribution in [-0.4, -0.2) is 57.8 Å². The van der Waals surface area contributed by atoms with Gasteiger partial charge in [-0.2, -0.15) is 0 Å². The summed E-state index contributed by atoms with van der Waals surface area (Å²) < 4.78 is 43.2. The van der Waals surface area contributed by atoms with Gasteiger partial charge in [-0.25, -0.2) is 12.8 Å². The number of rotatable bonds is 5. The first kappa shape index (κ1) is 20.2. The summed E-state index contributed by atoms with van der Waals surface area (Å²) in [6, 6.07) is 3.50. The third-order valence-corrected chi connectivity index (χ3v) is 7.75. The number of aromatic amines is 1. The van der Waals surface area contributed by atoms with Gasteiger partial charge in [-0.15, -0.1) is 10.2 Å². The molecule has 0 radical (unpaired) electrons. The molecule has 0 atom stereocenters. The van der Waals surface area contributed by atoms with E-state index < -0.39 is 31.6 Å². The lowest BCUT2D eigenvalue weighted by Crippen LogP contribution is -2.50. The van der Waals surface area contributed by atoms with Crippen molar-refractivity contribution < 1.29 is 27.4 Å². The van der Waals surface area contributed by atoms with Gasteiger partial charge in [0.2, 0.25) is 11.9 Å². The zero-order valence-electron chi connectivity index (χ0n) is 15.4. The number of hydrogen-bond donors (Lipinski definition) is 3. The highest BCUT2D eigenvalue weighted by Gasteiger charge is 2.46. The van der Waals surface area contributed by atoms with Crippen LogP contribution in [0.25, 0.3) is 11.4 Å². The number of anilines is 1. The number of H-pyrrole nitrogens is 1. The van der Waals surface area contributed by atoms with Crippen molar-refractivity contribution in [3.8, 4) is 17.1 Å². The molecule has 0 spiro atoms. The molecule has 152 valence electrons. The lowest BCUT2D eigenvalue weighted by atomic mass is 10.2. The smallest absolute Gasteiger partial charge is 0.247 e. The molecular formula is C17H21FN4O5S. The molecule has 0 bridgehead atoms. The number of ether oxygens (including phenoxy) is 1. The summed E-state index contributed by atoms with van der Waals surface area (Å²) in [5.41, 5.74) is 0.0416. The van der Waals surface area contributed by atoms with E-state index in [9.17, 15) is 22.7 Å². The first-order valence-electron chi connectivity index (χ1n) is 8.67. The molecule has 1 aromatic carbocycles. The van der Waals surface area contributed by atoms with E-state index >= 15 is 0 Å². The Balaban J connectivity index is 1.78. The fourth-order valence-electron chi connectivity index (χ4n) is 2.93. The van der Waals surface area contributed by atoms with Crippen molar-refractivity contribution >= 4 is 21.7 Å². The van der Waals surface area contributed by atoms with E-state index in [0.717, 1.165) is 6.07 Å². The number of phenols is 1. The van der Waals surface area contributed by atoms with Gasteiger partial charge in [0.15, 0.2) is 15.7 Å². The number of aromatic nitrogens is 3. The molecule has 1 aliphatic heterocycles. The largest absolute Gasteiger partial charge is 0.508 e. The van der Waals surface area contributed by atoms with Crippen molar-refractivity contribution in [3.05, 3.63) is 24.0 Å². The molecule has 28 heavy (non-hydrogen) atoms. The summed E-state index contributed by atoms with van der Waals surface area (Å²) in [5, 5.41) is 18.5. The molecule has 1 amide bonds. The van der Waals surface area contributed by atoms with E-state index in [-0.39, 0.29) is 23.1 Å². The van der Waals surface area contributed by atoms with Crippen LogP contribution in [0.1, 0.15) is 26.7 Å². The molecule has 1 aliphatic rings. The minimum Gasteiger partial charge on any atom is -0.508 e. The van der Waals surface area contributed by atoms with Gasteiger partial charge in [-0.05, 0) is 38.8 Å². The van der Waals surface area contributed by atoms with E-state index in [2.05, 4.69) is 20.5 Å². The summed E-state index contributed by atoms with van der Waals surface area (Å²) in [5.74, 6) is -1.82. The van der Waals surface area contributed by atoms with Gasteiger partial charge < -0.3 is 14.8 Å². The van der Waals surface area contributed by atoms with Crippen LogP contribution in [0.5, 0.6) is 5.75 Å². The number of nitrogens with zero attached hydrogens (tertiary/aromatic N) is 2. The van der Waals surface area contributed by atoms with Crippen LogP contribution in [-0.2, 0) is 19.4 Å². The summed E-state index contributed by atoms with van der Waals surface area (Å²) >= 11 is 0. The van der Waals surface area contributed by atoms with Crippen molar-refractivity contribution in [2.24, 2.45) is 0 Å². The fraction of sp³-hybridized carbons (Fsp3) is 0.471. The van der Waals surface area contributed by atoms with Crippen LogP contribution in [0.15, 0.2) is 18.2 Å². The number of phenolic OH excluding ortho intramolecular Hbond substituents is 1. The fourth-order valence-corrected chi connectivity index (χ4v) is 4.88. The molecular weight excluding hydrogens is 391 g/mol. The lowest BCUT2D eigenvalue weighted by molar-refractivity contribution is -0.117. The molecule has 1 fully saturated rings. The average Bonchev–Trinajstić information content (AvgIpc) is 3.10. The minimum absolute atomic E-state index is 0.0258. The minimum atomic E-state index is -3.78. The standard InChI is InChI=1S/C17H21FN4O5S/c1-17(2,28(25,26)11-5-7-27-8-6-11)15(24)20-16-19-14(21-22-16)12-4-3-10(23)9-13(12)18/h3-4,9,11,23H,5-8H2,1-2H3,(H2,19,20,21,22,24). The molecule has 0 aliphatic carbocycles. The lowest BCUT2D eigenvalue weighted by Gasteiger charge is -2.30. The van der Waals surface area contributed by atoms with Crippen molar-refractivity contribution in [1.29, 1.82) is 0 Å². The van der Waals surface area contributed by atoms with Crippen molar-refractivity contribution in [3.63, 3.8) is 0 Å². The van der Waals surface area contributed by atoms with E-state index in [0.29, 0.717) is 26.1 Å². The number of amides is 1. The third-order valence-electron chi connectivity index (χ3n) is 4.79. The molecule has 1 aromatic heterocycles. The summed E-state index contributed by atoms with van der Waals surface area (Å²) in [6.07, 6.45) is 0.678.